The van der Waals surface area contributed by atoms with E-state index in [1.807, 2.05) is 24.3 Å². The van der Waals surface area contributed by atoms with Crippen LogP contribution < -0.4 is 20.5 Å². The van der Waals surface area contributed by atoms with Crippen molar-refractivity contribution in [1.82, 2.24) is 15.0 Å². The molecule has 3 heterocycles. The van der Waals surface area contributed by atoms with Crippen LogP contribution in [0.1, 0.15) is 27.0 Å². The monoisotopic (exact) mass is 588 g/mol. The molecule has 0 radical (unpaired) electrons. The predicted molar refractivity (Wildman–Crippen MR) is 163 cm³/mol. The first-order valence-corrected chi connectivity index (χ1v) is 13.0. The van der Waals surface area contributed by atoms with Crippen molar-refractivity contribution in [2.45, 2.75) is 6.61 Å². The van der Waals surface area contributed by atoms with Gasteiger partial charge in [-0.3, -0.25) is 20.2 Å². The molecule has 0 aliphatic rings. The van der Waals surface area contributed by atoms with E-state index in [1.54, 1.807) is 49.8 Å². The minimum Gasteiger partial charge on any atom is -0.489 e. The maximum atomic E-state index is 10.6. The highest BCUT2D eigenvalue weighted by molar-refractivity contribution is 6.35. The van der Waals surface area contributed by atoms with E-state index in [1.165, 1.54) is 19.5 Å². The summed E-state index contributed by atoms with van der Waals surface area (Å²) in [5.74, 6) is 0.971. The number of hydrogen-bond donors (Lipinski definition) is 3. The molecule has 0 spiro atoms. The van der Waals surface area contributed by atoms with Crippen molar-refractivity contribution in [2.75, 3.05) is 25.2 Å². The summed E-state index contributed by atoms with van der Waals surface area (Å²) in [6, 6.07) is 16.2. The van der Waals surface area contributed by atoms with Gasteiger partial charge in [0.2, 0.25) is 5.88 Å². The number of benzene rings is 2. The number of aromatic nitrogens is 3. The molecular weight excluding hydrogens is 563 g/mol. The second-order valence-corrected chi connectivity index (χ2v) is 9.38. The molecule has 0 fully saturated rings. The lowest BCUT2D eigenvalue weighted by molar-refractivity contribution is 0.112. The maximum Gasteiger partial charge on any atom is 0.237 e. The van der Waals surface area contributed by atoms with Gasteiger partial charge in [-0.05, 0) is 36.4 Å². The predicted octanol–water partition coefficient (Wildman–Crippen LogP) is 6.46. The van der Waals surface area contributed by atoms with Crippen molar-refractivity contribution in [3.05, 3.63) is 112 Å². The topological polar surface area (TPSA) is 136 Å². The minimum atomic E-state index is 0.158. The zero-order valence-corrected chi connectivity index (χ0v) is 23.7. The molecule has 3 aromatic heterocycles. The number of halogens is 2. The molecule has 0 amide bonds. The van der Waals surface area contributed by atoms with Gasteiger partial charge in [0.25, 0.3) is 0 Å². The number of carbonyl (C=O) groups excluding carboxylic acids is 1. The van der Waals surface area contributed by atoms with Crippen molar-refractivity contribution >= 4 is 57.5 Å². The Hall–Kier alpha value is -4.73. The van der Waals surface area contributed by atoms with E-state index in [0.717, 1.165) is 17.2 Å². The van der Waals surface area contributed by atoms with Crippen molar-refractivity contribution in [2.24, 2.45) is 0 Å². The van der Waals surface area contributed by atoms with Crippen LogP contribution in [0.4, 0.5) is 11.4 Å². The third-order valence-electron chi connectivity index (χ3n) is 6.02. The number of rotatable bonds is 8. The van der Waals surface area contributed by atoms with E-state index >= 15 is 0 Å². The van der Waals surface area contributed by atoms with Gasteiger partial charge in [0, 0.05) is 65.2 Å². The average molecular weight is 589 g/mol. The van der Waals surface area contributed by atoms with E-state index in [9.17, 15) is 4.79 Å². The molecule has 5 aromatic rings. The molecule has 0 atom stereocenters. The number of fused-ring (bicyclic) bond motifs is 1. The van der Waals surface area contributed by atoms with Gasteiger partial charge in [0.1, 0.15) is 12.4 Å². The number of anilines is 2. The Morgan fingerprint density at radius 1 is 1.05 bits per heavy atom. The second-order valence-electron chi connectivity index (χ2n) is 8.57. The second kappa shape index (κ2) is 13.6. The molecule has 0 saturated carbocycles. The smallest absolute Gasteiger partial charge is 0.237 e. The summed E-state index contributed by atoms with van der Waals surface area (Å²) >= 11 is 12.3. The molecule has 5 rings (SSSR count). The number of nitrogens with two attached hydrogens (primary N) is 1. The summed E-state index contributed by atoms with van der Waals surface area (Å²) in [6.45, 7) is 0.158. The third-order valence-corrected chi connectivity index (χ3v) is 6.67. The molecule has 11 heteroatoms. The third kappa shape index (κ3) is 6.89. The number of carbonyl (C=O) groups is 1. The van der Waals surface area contributed by atoms with E-state index in [4.69, 9.17) is 43.8 Å². The lowest BCUT2D eigenvalue weighted by atomic mass is 10.0. The number of pyridine rings is 3. The average Bonchev–Trinajstić information content (AvgIpc) is 3.00. The van der Waals surface area contributed by atoms with E-state index in [-0.39, 0.29) is 12.3 Å². The highest BCUT2D eigenvalue weighted by Crippen LogP contribution is 2.28. The van der Waals surface area contributed by atoms with Crippen LogP contribution in [-0.4, -0.2) is 41.1 Å². The summed E-state index contributed by atoms with van der Waals surface area (Å²) in [6.07, 6.45) is 7.09. The number of nitrogen functional groups attached to an aromatic ring is 1. The first-order valence-electron chi connectivity index (χ1n) is 12.3. The van der Waals surface area contributed by atoms with Crippen LogP contribution in [-0.2, 0) is 6.61 Å². The van der Waals surface area contributed by atoms with Gasteiger partial charge in [-0.1, -0.05) is 41.4 Å². The molecule has 0 aliphatic heterocycles. The molecule has 41 heavy (non-hydrogen) atoms. The summed E-state index contributed by atoms with van der Waals surface area (Å²) in [4.78, 5) is 22.9. The van der Waals surface area contributed by atoms with Gasteiger partial charge in [-0.2, -0.15) is 0 Å². The van der Waals surface area contributed by atoms with Crippen LogP contribution in [0.3, 0.4) is 0 Å². The highest BCUT2D eigenvalue weighted by atomic mass is 35.5. The van der Waals surface area contributed by atoms with Gasteiger partial charge in [0.05, 0.1) is 34.1 Å². The number of methoxy groups -OCH3 is 1. The van der Waals surface area contributed by atoms with E-state index in [0.29, 0.717) is 55.3 Å². The fraction of sp³-hybridized carbons (Fsp3) is 0.100. The Labute approximate surface area is 246 Å². The first kappa shape index (κ1) is 29.3. The number of hydrogen-bond acceptors (Lipinski definition) is 9. The van der Waals surface area contributed by atoms with Crippen LogP contribution >= 0.6 is 23.2 Å². The van der Waals surface area contributed by atoms with Crippen LogP contribution in [0.2, 0.25) is 10.0 Å². The van der Waals surface area contributed by atoms with Crippen molar-refractivity contribution in [3.63, 3.8) is 0 Å². The first-order chi connectivity index (χ1) is 19.9. The molecular formula is C30H26Cl2N6O3. The van der Waals surface area contributed by atoms with Gasteiger partial charge in [-0.15, -0.1) is 0 Å². The molecule has 9 nitrogen and oxygen atoms in total. The Balaban J connectivity index is 0.000000267. The lowest BCUT2D eigenvalue weighted by Gasteiger charge is -2.14. The molecule has 208 valence electrons. The highest BCUT2D eigenvalue weighted by Gasteiger charge is 2.14. The van der Waals surface area contributed by atoms with Crippen LogP contribution in [0.25, 0.3) is 10.9 Å². The molecule has 0 bridgehead atoms. The number of para-hydroxylation sites is 1. The number of aldehydes is 1. The van der Waals surface area contributed by atoms with Gasteiger partial charge in [0.15, 0.2) is 6.29 Å². The van der Waals surface area contributed by atoms with Crippen LogP contribution in [0, 0.1) is 5.41 Å². The quantitative estimate of drug-likeness (QED) is 0.107. The Morgan fingerprint density at radius 3 is 2.51 bits per heavy atom. The minimum absolute atomic E-state index is 0.158. The molecule has 0 aliphatic carbocycles. The fourth-order valence-corrected chi connectivity index (χ4v) is 4.36. The number of nitrogens with one attached hydrogen (secondary N) is 2. The van der Waals surface area contributed by atoms with Crippen LogP contribution in [0.5, 0.6) is 11.6 Å². The molecule has 2 aromatic carbocycles. The fourth-order valence-electron chi connectivity index (χ4n) is 3.88. The largest absolute Gasteiger partial charge is 0.489 e. The van der Waals surface area contributed by atoms with Crippen molar-refractivity contribution < 1.29 is 14.3 Å². The summed E-state index contributed by atoms with van der Waals surface area (Å²) < 4.78 is 11.0. The Bertz CT molecular complexity index is 1690. The Morgan fingerprint density at radius 2 is 1.80 bits per heavy atom. The van der Waals surface area contributed by atoms with Crippen LogP contribution in [0.15, 0.2) is 79.4 Å². The van der Waals surface area contributed by atoms with Gasteiger partial charge >= 0.3 is 0 Å². The van der Waals surface area contributed by atoms with Crippen molar-refractivity contribution in [1.29, 1.82) is 5.41 Å². The zero-order chi connectivity index (χ0) is 29.4. The number of ether oxygens (including phenoxy) is 2. The standard InChI is InChI=1S/C20H19Cl2N5O2.C10H7NO/c1-25-18-5-11(7-27-20(18)28-2)19(24)13-6-12(3-4-17(13)23)29-10-14-15(21)8-26-9-16(14)22;12-7-9-4-1-3-8-5-2-6-11-10(8)9/h3-9,24-25H,10,23H2,1-2H3;1-7H. The SMILES string of the molecule is CNc1cc(C(=N)c2cc(OCc3c(Cl)cncc3Cl)ccc2N)cnc1OC.O=Cc1cccc2cccnc12. The Kier molecular flexibility index (Phi) is 9.68. The van der Waals surface area contributed by atoms with E-state index in [2.05, 4.69) is 20.3 Å². The summed E-state index contributed by atoms with van der Waals surface area (Å²) in [5, 5.41) is 13.4. The summed E-state index contributed by atoms with van der Waals surface area (Å²) in [5.41, 5.74) is 10.6. The van der Waals surface area contributed by atoms with Gasteiger partial charge in [-0.25, -0.2) is 4.98 Å². The molecule has 0 unspecified atom stereocenters. The lowest BCUT2D eigenvalue weighted by Crippen LogP contribution is -2.08. The van der Waals surface area contributed by atoms with E-state index < -0.39 is 0 Å². The summed E-state index contributed by atoms with van der Waals surface area (Å²) in [7, 11) is 3.29. The van der Waals surface area contributed by atoms with Crippen molar-refractivity contribution in [3.8, 4) is 11.6 Å². The molecule has 4 N–H and O–H groups in total. The molecule has 0 saturated heterocycles. The maximum absolute atomic E-state index is 10.6. The zero-order valence-electron chi connectivity index (χ0n) is 22.2. The normalized spacial score (nSPS) is 10.3. The number of nitrogens with zero attached hydrogens (tertiary/aromatic N) is 3. The van der Waals surface area contributed by atoms with Gasteiger partial charge < -0.3 is 20.5 Å².